The molecule has 2 unspecified atom stereocenters. The van der Waals surface area contributed by atoms with Crippen LogP contribution in [0.1, 0.15) is 24.8 Å². The second-order valence-electron chi connectivity index (χ2n) is 5.19. The van der Waals surface area contributed by atoms with E-state index in [-0.39, 0.29) is 24.3 Å². The lowest BCUT2D eigenvalue weighted by atomic mass is 9.98. The van der Waals surface area contributed by atoms with Crippen LogP contribution in [0.2, 0.25) is 0 Å². The summed E-state index contributed by atoms with van der Waals surface area (Å²) in [6, 6.07) is 6.93. The Kier molecular flexibility index (Phi) is 5.30. The topological polar surface area (TPSA) is 87.7 Å². The first-order valence-corrected chi connectivity index (χ1v) is 7.00. The normalized spacial score (nSPS) is 19.8. The van der Waals surface area contributed by atoms with Gasteiger partial charge in [-0.15, -0.1) is 0 Å². The fourth-order valence-corrected chi connectivity index (χ4v) is 2.24. The summed E-state index contributed by atoms with van der Waals surface area (Å²) in [5, 5.41) is 14.7. The van der Waals surface area contributed by atoms with E-state index in [1.807, 2.05) is 19.1 Å². The number of carbonyl (C=O) groups is 2. The van der Waals surface area contributed by atoms with Crippen molar-refractivity contribution in [2.75, 3.05) is 25.1 Å². The molecule has 0 bridgehead atoms. The molecule has 0 aliphatic carbocycles. The molecule has 1 heterocycles. The Labute approximate surface area is 123 Å². The van der Waals surface area contributed by atoms with Crippen LogP contribution in [0.15, 0.2) is 24.3 Å². The van der Waals surface area contributed by atoms with E-state index in [2.05, 4.69) is 10.6 Å². The van der Waals surface area contributed by atoms with E-state index < -0.39 is 5.97 Å². The molecule has 21 heavy (non-hydrogen) atoms. The third-order valence-electron chi connectivity index (χ3n) is 3.47. The Balaban J connectivity index is 1.92. The van der Waals surface area contributed by atoms with Crippen molar-refractivity contribution < 1.29 is 19.4 Å². The number of carboxylic acids is 1. The number of amides is 1. The number of ether oxygens (including phenoxy) is 1. The van der Waals surface area contributed by atoms with E-state index in [0.717, 1.165) is 5.56 Å². The van der Waals surface area contributed by atoms with Crippen molar-refractivity contribution in [1.29, 1.82) is 0 Å². The first-order valence-electron chi connectivity index (χ1n) is 7.00. The Morgan fingerprint density at radius 3 is 2.71 bits per heavy atom. The molecule has 2 atom stereocenters. The Hall–Kier alpha value is -1.92. The van der Waals surface area contributed by atoms with Crippen molar-refractivity contribution in [2.24, 2.45) is 0 Å². The van der Waals surface area contributed by atoms with Crippen LogP contribution in [0.25, 0.3) is 0 Å². The number of hydrogen-bond donors (Lipinski definition) is 3. The molecule has 0 radical (unpaired) electrons. The number of carboxylic acid groups (broad SMARTS) is 1. The average Bonchev–Trinajstić information content (AvgIpc) is 2.48. The summed E-state index contributed by atoms with van der Waals surface area (Å²) in [4.78, 5) is 22.7. The zero-order valence-corrected chi connectivity index (χ0v) is 12.0. The molecule has 1 aliphatic heterocycles. The molecule has 1 aromatic rings. The van der Waals surface area contributed by atoms with Gasteiger partial charge in [0.15, 0.2) is 0 Å². The van der Waals surface area contributed by atoms with Gasteiger partial charge in [-0.3, -0.25) is 9.59 Å². The molecule has 0 aromatic heterocycles. The summed E-state index contributed by atoms with van der Waals surface area (Å²) >= 11 is 0. The molecular weight excluding hydrogens is 272 g/mol. The van der Waals surface area contributed by atoms with E-state index in [9.17, 15) is 9.59 Å². The van der Waals surface area contributed by atoms with Gasteiger partial charge in [-0.2, -0.15) is 0 Å². The Morgan fingerprint density at radius 1 is 1.43 bits per heavy atom. The number of anilines is 1. The number of aliphatic carboxylic acids is 1. The van der Waals surface area contributed by atoms with Crippen molar-refractivity contribution in [2.45, 2.75) is 25.3 Å². The van der Waals surface area contributed by atoms with Crippen LogP contribution in [0, 0.1) is 0 Å². The van der Waals surface area contributed by atoms with E-state index in [1.165, 1.54) is 0 Å². The lowest BCUT2D eigenvalue weighted by Crippen LogP contribution is -2.48. The summed E-state index contributed by atoms with van der Waals surface area (Å²) in [6.07, 6.45) is 0.0923. The van der Waals surface area contributed by atoms with Crippen LogP contribution >= 0.6 is 0 Å². The second kappa shape index (κ2) is 7.19. The van der Waals surface area contributed by atoms with Crippen LogP contribution in [0.4, 0.5) is 5.69 Å². The minimum Gasteiger partial charge on any atom is -0.481 e. The standard InChI is InChI=1S/C15H20N2O4/c1-10(8-14(18)19)11-2-4-12(5-3-11)17-15(20)13-9-21-7-6-16-13/h2-5,10,13,16H,6-9H2,1H3,(H,17,20)(H,18,19). The van der Waals surface area contributed by atoms with Crippen LogP contribution in [-0.4, -0.2) is 42.8 Å². The predicted molar refractivity (Wildman–Crippen MR) is 78.3 cm³/mol. The number of benzene rings is 1. The molecule has 1 amide bonds. The van der Waals surface area contributed by atoms with E-state index in [1.54, 1.807) is 12.1 Å². The molecule has 0 saturated carbocycles. The van der Waals surface area contributed by atoms with Gasteiger partial charge in [0.2, 0.25) is 5.91 Å². The quantitative estimate of drug-likeness (QED) is 0.759. The molecule has 1 fully saturated rings. The minimum atomic E-state index is -0.816. The van der Waals surface area contributed by atoms with Gasteiger partial charge in [-0.1, -0.05) is 19.1 Å². The number of carbonyl (C=O) groups excluding carboxylic acids is 1. The highest BCUT2D eigenvalue weighted by atomic mass is 16.5. The highest BCUT2D eigenvalue weighted by molar-refractivity contribution is 5.95. The summed E-state index contributed by atoms with van der Waals surface area (Å²) in [6.45, 7) is 3.54. The van der Waals surface area contributed by atoms with Crippen LogP contribution in [-0.2, 0) is 14.3 Å². The molecule has 2 rings (SSSR count). The van der Waals surface area contributed by atoms with Gasteiger partial charge < -0.3 is 20.5 Å². The van der Waals surface area contributed by atoms with Gasteiger partial charge in [0.05, 0.1) is 19.6 Å². The van der Waals surface area contributed by atoms with Crippen molar-refractivity contribution >= 4 is 17.6 Å². The van der Waals surface area contributed by atoms with E-state index in [0.29, 0.717) is 25.4 Å². The fraction of sp³-hybridized carbons (Fsp3) is 0.467. The number of hydrogen-bond acceptors (Lipinski definition) is 4. The zero-order valence-electron chi connectivity index (χ0n) is 12.0. The first-order chi connectivity index (χ1) is 10.1. The number of rotatable bonds is 5. The van der Waals surface area contributed by atoms with E-state index >= 15 is 0 Å². The maximum absolute atomic E-state index is 12.0. The minimum absolute atomic E-state index is 0.0549. The van der Waals surface area contributed by atoms with Crippen LogP contribution < -0.4 is 10.6 Å². The summed E-state index contributed by atoms with van der Waals surface area (Å²) in [5.41, 5.74) is 1.63. The predicted octanol–water partition coefficient (Wildman–Crippen LogP) is 1.19. The number of morpholine rings is 1. The molecule has 1 aliphatic rings. The molecule has 1 aromatic carbocycles. The smallest absolute Gasteiger partial charge is 0.303 e. The molecule has 3 N–H and O–H groups in total. The highest BCUT2D eigenvalue weighted by Crippen LogP contribution is 2.21. The molecule has 1 saturated heterocycles. The van der Waals surface area contributed by atoms with Gasteiger partial charge in [-0.05, 0) is 23.6 Å². The largest absolute Gasteiger partial charge is 0.481 e. The van der Waals surface area contributed by atoms with E-state index in [4.69, 9.17) is 9.84 Å². The lowest BCUT2D eigenvalue weighted by molar-refractivity contribution is -0.137. The van der Waals surface area contributed by atoms with Crippen LogP contribution in [0.5, 0.6) is 0 Å². The van der Waals surface area contributed by atoms with Gasteiger partial charge in [0, 0.05) is 12.2 Å². The molecule has 114 valence electrons. The Bertz CT molecular complexity index is 495. The van der Waals surface area contributed by atoms with Gasteiger partial charge >= 0.3 is 5.97 Å². The van der Waals surface area contributed by atoms with Crippen molar-refractivity contribution in [3.63, 3.8) is 0 Å². The maximum atomic E-state index is 12.0. The second-order valence-corrected chi connectivity index (χ2v) is 5.19. The van der Waals surface area contributed by atoms with Crippen LogP contribution in [0.3, 0.4) is 0 Å². The van der Waals surface area contributed by atoms with Crippen molar-refractivity contribution in [1.82, 2.24) is 5.32 Å². The summed E-state index contributed by atoms with van der Waals surface area (Å²) in [7, 11) is 0. The number of nitrogens with one attached hydrogen (secondary N) is 2. The third-order valence-corrected chi connectivity index (χ3v) is 3.47. The average molecular weight is 292 g/mol. The van der Waals surface area contributed by atoms with Gasteiger partial charge in [0.25, 0.3) is 0 Å². The van der Waals surface area contributed by atoms with Gasteiger partial charge in [-0.25, -0.2) is 0 Å². The van der Waals surface area contributed by atoms with Gasteiger partial charge in [0.1, 0.15) is 6.04 Å². The molecule has 0 spiro atoms. The maximum Gasteiger partial charge on any atom is 0.303 e. The SMILES string of the molecule is CC(CC(=O)O)c1ccc(NC(=O)C2COCCN2)cc1. The molecular formula is C15H20N2O4. The molecule has 6 nitrogen and oxygen atoms in total. The van der Waals surface area contributed by atoms with Crippen molar-refractivity contribution in [3.05, 3.63) is 29.8 Å². The summed E-state index contributed by atoms with van der Waals surface area (Å²) in [5.74, 6) is -0.995. The molecule has 6 heteroatoms. The highest BCUT2D eigenvalue weighted by Gasteiger charge is 2.21. The fourth-order valence-electron chi connectivity index (χ4n) is 2.24. The Morgan fingerprint density at radius 2 is 2.14 bits per heavy atom. The third kappa shape index (κ3) is 4.54. The zero-order chi connectivity index (χ0) is 15.2. The lowest BCUT2D eigenvalue weighted by Gasteiger charge is -2.23. The first kappa shape index (κ1) is 15.5. The van der Waals surface area contributed by atoms with Crippen molar-refractivity contribution in [3.8, 4) is 0 Å². The summed E-state index contributed by atoms with van der Waals surface area (Å²) < 4.78 is 5.25. The monoisotopic (exact) mass is 292 g/mol.